The van der Waals surface area contributed by atoms with Gasteiger partial charge in [0.2, 0.25) is 10.0 Å². The molecular formula is C24H21Cl3FN7O3S. The highest BCUT2D eigenvalue weighted by Gasteiger charge is 2.55. The largest absolute Gasteiger partial charge is 0.484 e. The second kappa shape index (κ2) is 9.41. The van der Waals surface area contributed by atoms with Crippen LogP contribution >= 0.6 is 34.8 Å². The van der Waals surface area contributed by atoms with Gasteiger partial charge in [0.15, 0.2) is 16.8 Å². The van der Waals surface area contributed by atoms with E-state index in [-0.39, 0.29) is 16.4 Å². The predicted molar refractivity (Wildman–Crippen MR) is 146 cm³/mol. The summed E-state index contributed by atoms with van der Waals surface area (Å²) in [5.74, 6) is 0.0804. The van der Waals surface area contributed by atoms with E-state index in [0.717, 1.165) is 0 Å². The van der Waals surface area contributed by atoms with E-state index in [1.54, 1.807) is 25.3 Å². The highest BCUT2D eigenvalue weighted by molar-refractivity contribution is 7.88. The van der Waals surface area contributed by atoms with Gasteiger partial charge < -0.3 is 9.64 Å². The van der Waals surface area contributed by atoms with Crippen molar-refractivity contribution in [2.24, 2.45) is 5.41 Å². The van der Waals surface area contributed by atoms with Crippen molar-refractivity contribution in [1.82, 2.24) is 29.7 Å². The summed E-state index contributed by atoms with van der Waals surface area (Å²) < 4.78 is 46.1. The summed E-state index contributed by atoms with van der Waals surface area (Å²) in [5, 5.41) is 16.2. The zero-order chi connectivity index (χ0) is 27.7. The molecule has 204 valence electrons. The third-order valence-electron chi connectivity index (χ3n) is 7.06. The highest BCUT2D eigenvalue weighted by Crippen LogP contribution is 2.43. The van der Waals surface area contributed by atoms with Crippen molar-refractivity contribution in [3.05, 3.63) is 57.2 Å². The van der Waals surface area contributed by atoms with Crippen molar-refractivity contribution in [3.8, 4) is 17.0 Å². The number of H-pyrrole nitrogens is 1. The summed E-state index contributed by atoms with van der Waals surface area (Å²) in [6, 6.07) is 4.75. The topological polar surface area (TPSA) is 117 Å². The number of rotatable bonds is 6. The Morgan fingerprint density at radius 2 is 1.85 bits per heavy atom. The molecule has 2 fully saturated rings. The second-order valence-electron chi connectivity index (χ2n) is 9.97. The summed E-state index contributed by atoms with van der Waals surface area (Å²) in [4.78, 5) is 6.19. The van der Waals surface area contributed by atoms with Crippen LogP contribution in [-0.4, -0.2) is 70.5 Å². The fourth-order valence-corrected chi connectivity index (χ4v) is 6.99. The van der Waals surface area contributed by atoms with Crippen LogP contribution < -0.4 is 9.64 Å². The maximum absolute atomic E-state index is 15.2. The van der Waals surface area contributed by atoms with Crippen LogP contribution in [0.1, 0.15) is 18.6 Å². The zero-order valence-electron chi connectivity index (χ0n) is 20.6. The minimum absolute atomic E-state index is 0.121. The number of sulfonamides is 1. The zero-order valence-corrected chi connectivity index (χ0v) is 23.7. The number of pyridine rings is 1. The lowest BCUT2D eigenvalue weighted by molar-refractivity contribution is 0.0390. The van der Waals surface area contributed by atoms with E-state index >= 15 is 4.39 Å². The molecule has 6 rings (SSSR count). The van der Waals surface area contributed by atoms with Crippen molar-refractivity contribution in [2.45, 2.75) is 13.0 Å². The molecule has 1 atom stereocenters. The molecule has 0 unspecified atom stereocenters. The Bertz CT molecular complexity index is 1700. The summed E-state index contributed by atoms with van der Waals surface area (Å²) >= 11 is 18.9. The Morgan fingerprint density at radius 1 is 1.10 bits per heavy atom. The summed E-state index contributed by atoms with van der Waals surface area (Å²) in [6.07, 6.45) is 3.54. The standard InChI is InChI=1S/C24H21Cl3FN7O3S/c1-12(20-16(26)7-30-33-22(20)27)38-19-4-14-18(5-15(19)25)31-32-21(14)13-3-17(28)23(29-6-13)34-8-24(9-34)10-35(11-24)39(2,36)37/h3-7,12H,8-11H2,1-2H3,(H,31,32)/t12-/m1/s1. The molecule has 3 aromatic heterocycles. The van der Waals surface area contributed by atoms with Crippen molar-refractivity contribution in [1.29, 1.82) is 0 Å². The first-order valence-corrected chi connectivity index (χ1v) is 14.8. The summed E-state index contributed by atoms with van der Waals surface area (Å²) in [7, 11) is -3.20. The predicted octanol–water partition coefficient (Wildman–Crippen LogP) is 4.74. The van der Waals surface area contributed by atoms with Crippen LogP contribution in [0.4, 0.5) is 10.2 Å². The van der Waals surface area contributed by atoms with Crippen molar-refractivity contribution in [3.63, 3.8) is 0 Å². The Kier molecular flexibility index (Phi) is 6.38. The molecule has 1 spiro atoms. The molecule has 5 heterocycles. The van der Waals surface area contributed by atoms with E-state index < -0.39 is 21.9 Å². The molecule has 2 aliphatic rings. The van der Waals surface area contributed by atoms with Gasteiger partial charge in [-0.2, -0.15) is 10.2 Å². The first-order chi connectivity index (χ1) is 18.4. The number of benzene rings is 1. The minimum Gasteiger partial charge on any atom is -0.484 e. The normalized spacial score (nSPS) is 17.7. The number of nitrogens with one attached hydrogen (secondary N) is 1. The van der Waals surface area contributed by atoms with Crippen molar-refractivity contribution < 1.29 is 17.5 Å². The lowest BCUT2D eigenvalue weighted by Gasteiger charge is -2.59. The number of ether oxygens (including phenoxy) is 1. The lowest BCUT2D eigenvalue weighted by Crippen LogP contribution is -2.73. The van der Waals surface area contributed by atoms with Crippen LogP contribution in [0.2, 0.25) is 15.2 Å². The van der Waals surface area contributed by atoms with Crippen molar-refractivity contribution >= 4 is 61.5 Å². The van der Waals surface area contributed by atoms with Gasteiger partial charge in [-0.1, -0.05) is 34.8 Å². The average Bonchev–Trinajstić information content (AvgIpc) is 3.20. The molecule has 0 radical (unpaired) electrons. The molecule has 0 saturated carbocycles. The number of anilines is 1. The number of hydrogen-bond acceptors (Lipinski definition) is 8. The first kappa shape index (κ1) is 26.5. The van der Waals surface area contributed by atoms with Gasteiger partial charge in [-0.05, 0) is 25.1 Å². The maximum atomic E-state index is 15.2. The van der Waals surface area contributed by atoms with Gasteiger partial charge in [0.25, 0.3) is 0 Å². The summed E-state index contributed by atoms with van der Waals surface area (Å²) in [5.41, 5.74) is 1.91. The van der Waals surface area contributed by atoms with E-state index in [1.807, 2.05) is 4.90 Å². The second-order valence-corrected chi connectivity index (χ2v) is 13.1. The van der Waals surface area contributed by atoms with Gasteiger partial charge in [-0.25, -0.2) is 22.1 Å². The Hall–Kier alpha value is -2.77. The van der Waals surface area contributed by atoms with Crippen LogP contribution in [-0.2, 0) is 10.0 Å². The third kappa shape index (κ3) is 4.67. The lowest BCUT2D eigenvalue weighted by atomic mass is 9.74. The number of halogens is 4. The maximum Gasteiger partial charge on any atom is 0.211 e. The fourth-order valence-electron chi connectivity index (χ4n) is 5.13. The van der Waals surface area contributed by atoms with Crippen LogP contribution in [0.25, 0.3) is 22.2 Å². The molecule has 39 heavy (non-hydrogen) atoms. The van der Waals surface area contributed by atoms with Crippen LogP contribution in [0.3, 0.4) is 0 Å². The Morgan fingerprint density at radius 3 is 2.51 bits per heavy atom. The monoisotopic (exact) mass is 611 g/mol. The molecule has 1 aromatic carbocycles. The van der Waals surface area contributed by atoms with E-state index in [0.29, 0.717) is 69.7 Å². The fraction of sp³-hybridized carbons (Fsp3) is 0.333. The van der Waals surface area contributed by atoms with Crippen LogP contribution in [0.5, 0.6) is 5.75 Å². The average molecular weight is 613 g/mol. The summed E-state index contributed by atoms with van der Waals surface area (Å²) in [6.45, 7) is 3.75. The molecule has 15 heteroatoms. The Balaban J connectivity index is 1.23. The number of aromatic amines is 1. The molecular weight excluding hydrogens is 592 g/mol. The first-order valence-electron chi connectivity index (χ1n) is 11.8. The van der Waals surface area contributed by atoms with Gasteiger partial charge in [-0.3, -0.25) is 5.10 Å². The third-order valence-corrected chi connectivity index (χ3v) is 9.13. The van der Waals surface area contributed by atoms with E-state index in [9.17, 15) is 8.42 Å². The number of nitrogens with zero attached hydrogens (tertiary/aromatic N) is 6. The van der Waals surface area contributed by atoms with Gasteiger partial charge >= 0.3 is 0 Å². The quantitative estimate of drug-likeness (QED) is 0.332. The highest BCUT2D eigenvalue weighted by atomic mass is 35.5. The van der Waals surface area contributed by atoms with Gasteiger partial charge in [0.05, 0.1) is 33.6 Å². The van der Waals surface area contributed by atoms with Gasteiger partial charge in [-0.15, -0.1) is 5.10 Å². The van der Waals surface area contributed by atoms with E-state index in [4.69, 9.17) is 39.5 Å². The molecule has 4 aromatic rings. The molecule has 0 aliphatic carbocycles. The Labute approximate surface area is 238 Å². The molecule has 1 N–H and O–H groups in total. The molecule has 0 bridgehead atoms. The molecule has 0 amide bonds. The number of fused-ring (bicyclic) bond motifs is 1. The number of aromatic nitrogens is 5. The number of hydrogen-bond donors (Lipinski definition) is 1. The molecule has 10 nitrogen and oxygen atoms in total. The van der Waals surface area contributed by atoms with E-state index in [1.165, 1.54) is 22.8 Å². The SMILES string of the molecule is C[C@@H](Oc1cc2c(-c3cnc(N4CC5(C4)CN(S(C)(=O)=O)C5)c(F)c3)n[nH]c2cc1Cl)c1c(Cl)cnnc1Cl. The van der Waals surface area contributed by atoms with Crippen LogP contribution in [0.15, 0.2) is 30.6 Å². The molecule has 2 saturated heterocycles. The minimum atomic E-state index is -3.20. The van der Waals surface area contributed by atoms with E-state index in [2.05, 4.69) is 25.4 Å². The van der Waals surface area contributed by atoms with Gasteiger partial charge in [0.1, 0.15) is 17.5 Å². The van der Waals surface area contributed by atoms with Gasteiger partial charge in [0, 0.05) is 48.7 Å². The molecule has 2 aliphatic heterocycles. The van der Waals surface area contributed by atoms with Crippen molar-refractivity contribution in [2.75, 3.05) is 37.3 Å². The smallest absolute Gasteiger partial charge is 0.211 e. The van der Waals surface area contributed by atoms with Crippen LogP contribution in [0, 0.1) is 11.2 Å².